The van der Waals surface area contributed by atoms with E-state index >= 15 is 0 Å². The maximum atomic E-state index is 5.77. The van der Waals surface area contributed by atoms with Crippen molar-refractivity contribution in [2.45, 2.75) is 42.9 Å². The lowest BCUT2D eigenvalue weighted by molar-refractivity contribution is -0.0399. The molecule has 0 N–H and O–H groups in total. The lowest BCUT2D eigenvalue weighted by Gasteiger charge is -2.61. The maximum absolute atomic E-state index is 5.77. The fraction of sp³-hybridized carbons (Fsp3) is 0.177. The second-order valence-electron chi connectivity index (χ2n) is 20.2. The van der Waals surface area contributed by atoms with Gasteiger partial charge in [0.05, 0.1) is 5.41 Å². The number of hydrogen-bond donors (Lipinski definition) is 0. The first-order valence-corrected chi connectivity index (χ1v) is 24.8. The van der Waals surface area contributed by atoms with Crippen molar-refractivity contribution < 1.29 is 0 Å². The largest absolute Gasteiger partial charge is 0.208 e. The number of aromatic nitrogens is 3. The van der Waals surface area contributed by atoms with Gasteiger partial charge >= 0.3 is 0 Å². The Morgan fingerprint density at radius 1 is 0.394 bits per heavy atom. The lowest BCUT2D eigenvalue weighted by atomic mass is 9.43. The first-order valence-electron chi connectivity index (χ1n) is 24.0. The highest BCUT2D eigenvalue weighted by Crippen LogP contribution is 2.71. The van der Waals surface area contributed by atoms with Gasteiger partial charge in [-0.3, -0.25) is 0 Å². The quantitative estimate of drug-likeness (QED) is 0.178. The summed E-state index contributed by atoms with van der Waals surface area (Å²) in [5.74, 6) is 5.19. The Morgan fingerprint density at radius 2 is 0.909 bits per heavy atom. The van der Waals surface area contributed by atoms with Gasteiger partial charge in [-0.05, 0) is 129 Å². The van der Waals surface area contributed by atoms with Crippen molar-refractivity contribution in [1.29, 1.82) is 0 Å². The molecule has 0 unspecified atom stereocenters. The Kier molecular flexibility index (Phi) is 7.06. The van der Waals surface area contributed by atoms with Gasteiger partial charge in [-0.15, -0.1) is 11.3 Å². The van der Waals surface area contributed by atoms with Crippen molar-refractivity contribution in [2.24, 2.45) is 23.7 Å². The third-order valence-electron chi connectivity index (χ3n) is 17.3. The Hall–Kier alpha value is -7.01. The van der Waals surface area contributed by atoms with Gasteiger partial charge in [-0.2, -0.15) is 0 Å². The fourth-order valence-corrected chi connectivity index (χ4v) is 16.6. The predicted molar refractivity (Wildman–Crippen MR) is 269 cm³/mol. The van der Waals surface area contributed by atoms with Crippen LogP contribution >= 0.6 is 11.3 Å². The van der Waals surface area contributed by atoms with E-state index in [-0.39, 0.29) is 5.41 Å². The molecule has 2 spiro atoms. The van der Waals surface area contributed by atoms with Crippen molar-refractivity contribution >= 4 is 31.5 Å². The minimum absolute atomic E-state index is 0.00271. The minimum Gasteiger partial charge on any atom is -0.208 e. The summed E-state index contributed by atoms with van der Waals surface area (Å²) in [4.78, 5) is 16.9. The van der Waals surface area contributed by atoms with Crippen LogP contribution < -0.4 is 0 Å². The molecule has 10 aromatic rings. The Bertz CT molecular complexity index is 3670. The summed E-state index contributed by atoms with van der Waals surface area (Å²) in [6.45, 7) is 0. The van der Waals surface area contributed by atoms with Crippen LogP contribution in [0.4, 0.5) is 0 Å². The third-order valence-corrected chi connectivity index (χ3v) is 18.5. The Balaban J connectivity index is 1.000. The van der Waals surface area contributed by atoms with Crippen molar-refractivity contribution in [1.82, 2.24) is 15.0 Å². The third kappa shape index (κ3) is 4.38. The van der Waals surface area contributed by atoms with Gasteiger partial charge in [-0.1, -0.05) is 164 Å². The SMILES string of the molecule is c1ccc(-c2nc(-c3cccc4c3-c3ccccc3C43c4ccccc4-c4ccccc43)nc(-c3cc4c(c5sc6ccccc6c35)-c3ccccc3C43C4CC5CC(C4)CC3C5)n2)cc1. The van der Waals surface area contributed by atoms with Crippen LogP contribution in [0.25, 0.3) is 87.7 Å². The second kappa shape index (κ2) is 12.9. The zero-order valence-electron chi connectivity index (χ0n) is 36.3. The molecule has 4 fully saturated rings. The average molecular weight is 862 g/mol. The highest BCUT2D eigenvalue weighted by atomic mass is 32.1. The van der Waals surface area contributed by atoms with Crippen molar-refractivity contribution in [3.8, 4) is 67.5 Å². The molecule has 66 heavy (non-hydrogen) atoms. The van der Waals surface area contributed by atoms with E-state index in [2.05, 4.69) is 176 Å². The van der Waals surface area contributed by atoms with E-state index in [1.807, 2.05) is 11.3 Å². The number of benzene rings is 8. The predicted octanol–water partition coefficient (Wildman–Crippen LogP) is 15.3. The first kappa shape index (κ1) is 36.2. The molecule has 4 saturated carbocycles. The number of fused-ring (bicyclic) bond motifs is 17. The summed E-state index contributed by atoms with van der Waals surface area (Å²) >= 11 is 1.96. The van der Waals surface area contributed by atoms with Crippen LogP contribution in [-0.2, 0) is 10.8 Å². The number of thiophene rings is 1. The number of rotatable bonds is 3. The highest BCUT2D eigenvalue weighted by molar-refractivity contribution is 7.26. The van der Waals surface area contributed by atoms with Crippen LogP contribution in [0.15, 0.2) is 176 Å². The van der Waals surface area contributed by atoms with E-state index in [4.69, 9.17) is 15.0 Å². The van der Waals surface area contributed by atoms with Crippen molar-refractivity contribution in [3.05, 3.63) is 209 Å². The standard InChI is InChI=1S/C62H43N3S/c1-2-15-37(16-3-1)58-63-59(45-22-14-27-51-54(45)42-19-6-12-26-50(42)62(51)47-23-9-4-17-40(47)41-18-5-10-24-48(41)62)65-60(64-58)46-34-52-56(57-55(46)44-21-8-13-28-53(44)66-57)43-20-7-11-25-49(43)61(52)38-30-35-29-36(32-38)33-39(61)31-35/h1-28,34-36,38-39H,29-33H2. The molecule has 17 rings (SSSR count). The number of hydrogen-bond acceptors (Lipinski definition) is 4. The summed E-state index contributed by atoms with van der Waals surface area (Å²) in [6, 6.07) is 65.8. The summed E-state index contributed by atoms with van der Waals surface area (Å²) in [6.07, 6.45) is 6.79. The van der Waals surface area contributed by atoms with E-state index < -0.39 is 5.41 Å². The molecule has 0 aliphatic heterocycles. The van der Waals surface area contributed by atoms with Gasteiger partial charge in [0, 0.05) is 47.8 Å². The fourth-order valence-electron chi connectivity index (χ4n) is 15.3. The Labute approximate surface area is 387 Å². The second-order valence-corrected chi connectivity index (χ2v) is 21.2. The molecule has 0 saturated heterocycles. The summed E-state index contributed by atoms with van der Waals surface area (Å²) < 4.78 is 2.68. The molecule has 7 aliphatic rings. The van der Waals surface area contributed by atoms with Gasteiger partial charge in [-0.25, -0.2) is 15.0 Å². The molecule has 4 bridgehead atoms. The minimum atomic E-state index is -0.461. The smallest absolute Gasteiger partial charge is 0.164 e. The molecule has 312 valence electrons. The monoisotopic (exact) mass is 861 g/mol. The van der Waals surface area contributed by atoms with Gasteiger partial charge in [0.15, 0.2) is 17.5 Å². The van der Waals surface area contributed by atoms with Crippen LogP contribution in [0.3, 0.4) is 0 Å². The van der Waals surface area contributed by atoms with Gasteiger partial charge < -0.3 is 0 Å². The van der Waals surface area contributed by atoms with Crippen LogP contribution in [0.2, 0.25) is 0 Å². The lowest BCUT2D eigenvalue weighted by Crippen LogP contribution is -2.55. The summed E-state index contributed by atoms with van der Waals surface area (Å²) in [5, 5.41) is 2.54. The van der Waals surface area contributed by atoms with Crippen LogP contribution in [0, 0.1) is 23.7 Å². The van der Waals surface area contributed by atoms with E-state index in [0.29, 0.717) is 23.5 Å². The summed E-state index contributed by atoms with van der Waals surface area (Å²) in [5.41, 5.74) is 19.0. The van der Waals surface area contributed by atoms with E-state index in [0.717, 1.165) is 34.4 Å². The molecular weight excluding hydrogens is 819 g/mol. The van der Waals surface area contributed by atoms with Crippen molar-refractivity contribution in [3.63, 3.8) is 0 Å². The highest BCUT2D eigenvalue weighted by Gasteiger charge is 2.62. The molecule has 8 aromatic carbocycles. The van der Waals surface area contributed by atoms with Crippen LogP contribution in [-0.4, -0.2) is 15.0 Å². The molecule has 3 nitrogen and oxygen atoms in total. The summed E-state index contributed by atoms with van der Waals surface area (Å²) in [7, 11) is 0. The van der Waals surface area contributed by atoms with Crippen LogP contribution in [0.5, 0.6) is 0 Å². The molecule has 2 heterocycles. The van der Waals surface area contributed by atoms with E-state index in [9.17, 15) is 0 Å². The van der Waals surface area contributed by atoms with Crippen molar-refractivity contribution in [2.75, 3.05) is 0 Å². The topological polar surface area (TPSA) is 38.7 Å². The molecular formula is C62H43N3S. The van der Waals surface area contributed by atoms with Gasteiger partial charge in [0.2, 0.25) is 0 Å². The van der Waals surface area contributed by atoms with Gasteiger partial charge in [0.25, 0.3) is 0 Å². The zero-order chi connectivity index (χ0) is 42.9. The normalized spacial score (nSPS) is 22.7. The van der Waals surface area contributed by atoms with Gasteiger partial charge in [0.1, 0.15) is 0 Å². The first-order chi connectivity index (χ1) is 32.7. The molecule has 7 aliphatic carbocycles. The molecule has 0 atom stereocenters. The Morgan fingerprint density at radius 3 is 1.61 bits per heavy atom. The van der Waals surface area contributed by atoms with E-state index in [1.165, 1.54) is 113 Å². The van der Waals surface area contributed by atoms with E-state index in [1.54, 1.807) is 5.56 Å². The molecule has 0 amide bonds. The number of nitrogens with zero attached hydrogens (tertiary/aromatic N) is 3. The van der Waals surface area contributed by atoms with Crippen LogP contribution in [0.1, 0.15) is 65.5 Å². The molecule has 4 heteroatoms. The maximum Gasteiger partial charge on any atom is 0.164 e. The molecule has 0 radical (unpaired) electrons. The zero-order valence-corrected chi connectivity index (χ0v) is 37.2. The molecule has 2 aromatic heterocycles. The average Bonchev–Trinajstić information content (AvgIpc) is 4.08.